The molecule has 1 unspecified atom stereocenters. The lowest BCUT2D eigenvalue weighted by Crippen LogP contribution is -2.62. The van der Waals surface area contributed by atoms with Crippen LogP contribution in [0.1, 0.15) is 46.0 Å². The van der Waals surface area contributed by atoms with E-state index in [2.05, 4.69) is 29.8 Å². The summed E-state index contributed by atoms with van der Waals surface area (Å²) in [5, 5.41) is 8.04. The van der Waals surface area contributed by atoms with Gasteiger partial charge in [-0.2, -0.15) is 0 Å². The second kappa shape index (κ2) is 9.40. The predicted molar refractivity (Wildman–Crippen MR) is 83.8 cm³/mol. The second-order valence-corrected chi connectivity index (χ2v) is 6.14. The number of amides is 3. The van der Waals surface area contributed by atoms with Gasteiger partial charge in [-0.15, -0.1) is 0 Å². The highest BCUT2D eigenvalue weighted by molar-refractivity contribution is 5.99. The van der Waals surface area contributed by atoms with E-state index >= 15 is 0 Å². The largest absolute Gasteiger partial charge is 0.356 e. The molecule has 2 atom stereocenters. The zero-order valence-corrected chi connectivity index (χ0v) is 13.5. The van der Waals surface area contributed by atoms with E-state index in [1.165, 1.54) is 0 Å². The van der Waals surface area contributed by atoms with Crippen molar-refractivity contribution in [3.63, 3.8) is 0 Å². The molecular formula is C15H28N4O3. The van der Waals surface area contributed by atoms with Gasteiger partial charge in [0.1, 0.15) is 12.1 Å². The Hall–Kier alpha value is -1.63. The average Bonchev–Trinajstić information content (AvgIpc) is 2.45. The van der Waals surface area contributed by atoms with Gasteiger partial charge in [-0.3, -0.25) is 14.4 Å². The number of rotatable bonds is 9. The topological polar surface area (TPSA) is 113 Å². The summed E-state index contributed by atoms with van der Waals surface area (Å²) >= 11 is 0. The highest BCUT2D eigenvalue weighted by Gasteiger charge is 2.34. The first-order valence-corrected chi connectivity index (χ1v) is 8.01. The van der Waals surface area contributed by atoms with Crippen molar-refractivity contribution in [2.45, 2.75) is 58.0 Å². The fourth-order valence-corrected chi connectivity index (χ4v) is 2.34. The van der Waals surface area contributed by atoms with Crippen LogP contribution in [0.4, 0.5) is 0 Å². The fourth-order valence-electron chi connectivity index (χ4n) is 2.34. The lowest BCUT2D eigenvalue weighted by Gasteiger charge is -2.29. The van der Waals surface area contributed by atoms with E-state index in [1.807, 2.05) is 0 Å². The summed E-state index contributed by atoms with van der Waals surface area (Å²) in [4.78, 5) is 35.6. The summed E-state index contributed by atoms with van der Waals surface area (Å²) < 4.78 is 0. The molecule has 0 saturated carbocycles. The minimum absolute atomic E-state index is 0.0249. The Morgan fingerprint density at radius 3 is 2.45 bits per heavy atom. The SMILES string of the molecule is CC(C)CCCNC(=O)CC1NC(=O)[C@@H](CCCN)NC1=O. The van der Waals surface area contributed by atoms with Gasteiger partial charge in [0.15, 0.2) is 0 Å². The first-order valence-electron chi connectivity index (χ1n) is 8.01. The summed E-state index contributed by atoms with van der Waals surface area (Å²) in [5.41, 5.74) is 5.40. The quantitative estimate of drug-likeness (QED) is 0.436. The Morgan fingerprint density at radius 2 is 1.82 bits per heavy atom. The van der Waals surface area contributed by atoms with Crippen LogP contribution in [0.2, 0.25) is 0 Å². The number of hydrogen-bond acceptors (Lipinski definition) is 4. The van der Waals surface area contributed by atoms with Gasteiger partial charge in [-0.05, 0) is 38.1 Å². The lowest BCUT2D eigenvalue weighted by molar-refractivity contribution is -0.138. The molecule has 0 bridgehead atoms. The Labute approximate surface area is 131 Å². The van der Waals surface area contributed by atoms with Crippen LogP contribution in [0.15, 0.2) is 0 Å². The van der Waals surface area contributed by atoms with Crippen molar-refractivity contribution in [3.8, 4) is 0 Å². The summed E-state index contributed by atoms with van der Waals surface area (Å²) in [6, 6.07) is -1.33. The van der Waals surface area contributed by atoms with Gasteiger partial charge in [0.05, 0.1) is 6.42 Å². The molecule has 0 radical (unpaired) electrons. The van der Waals surface area contributed by atoms with Crippen LogP contribution in [0.25, 0.3) is 0 Å². The van der Waals surface area contributed by atoms with Crippen LogP contribution in [0.3, 0.4) is 0 Å². The highest BCUT2D eigenvalue weighted by Crippen LogP contribution is 2.06. The molecule has 0 aromatic carbocycles. The van der Waals surface area contributed by atoms with Gasteiger partial charge < -0.3 is 21.7 Å². The van der Waals surface area contributed by atoms with Gasteiger partial charge in [0, 0.05) is 6.54 Å². The number of hydrogen-bond donors (Lipinski definition) is 4. The van der Waals surface area contributed by atoms with Crippen LogP contribution in [-0.4, -0.2) is 42.9 Å². The standard InChI is InChI=1S/C15H28N4O3/c1-10(2)5-4-8-17-13(20)9-12-15(22)18-11(6-3-7-16)14(21)19-12/h10-12H,3-9,16H2,1-2H3,(H,17,20)(H,18,22)(H,19,21)/t11-,12?/m1/s1. The Bertz CT molecular complexity index is 398. The number of piperazine rings is 1. The molecule has 1 aliphatic rings. The van der Waals surface area contributed by atoms with E-state index in [1.54, 1.807) is 0 Å². The molecule has 1 saturated heterocycles. The van der Waals surface area contributed by atoms with E-state index in [-0.39, 0.29) is 24.1 Å². The fraction of sp³-hybridized carbons (Fsp3) is 0.800. The lowest BCUT2D eigenvalue weighted by atomic mass is 10.0. The number of carbonyl (C=O) groups excluding carboxylic acids is 3. The third kappa shape index (κ3) is 6.43. The van der Waals surface area contributed by atoms with Crippen molar-refractivity contribution in [1.82, 2.24) is 16.0 Å². The maximum atomic E-state index is 11.9. The van der Waals surface area contributed by atoms with Gasteiger partial charge in [0.2, 0.25) is 17.7 Å². The van der Waals surface area contributed by atoms with E-state index in [0.29, 0.717) is 31.8 Å². The van der Waals surface area contributed by atoms with Crippen molar-refractivity contribution in [1.29, 1.82) is 0 Å². The van der Waals surface area contributed by atoms with Gasteiger partial charge >= 0.3 is 0 Å². The van der Waals surface area contributed by atoms with Gasteiger partial charge in [-0.25, -0.2) is 0 Å². The molecule has 5 N–H and O–H groups in total. The average molecular weight is 312 g/mol. The molecule has 22 heavy (non-hydrogen) atoms. The molecule has 1 aliphatic heterocycles. The van der Waals surface area contributed by atoms with E-state index in [4.69, 9.17) is 5.73 Å². The summed E-state index contributed by atoms with van der Waals surface area (Å²) in [6.07, 6.45) is 3.11. The molecule has 7 heteroatoms. The van der Waals surface area contributed by atoms with E-state index in [9.17, 15) is 14.4 Å². The summed E-state index contributed by atoms with van der Waals surface area (Å²) in [7, 11) is 0. The number of carbonyl (C=O) groups is 3. The van der Waals surface area contributed by atoms with Crippen LogP contribution in [-0.2, 0) is 14.4 Å². The Morgan fingerprint density at radius 1 is 1.18 bits per heavy atom. The maximum absolute atomic E-state index is 11.9. The molecule has 1 fully saturated rings. The predicted octanol–water partition coefficient (Wildman–Crippen LogP) is -0.349. The first kappa shape index (κ1) is 18.4. The van der Waals surface area contributed by atoms with Crippen molar-refractivity contribution in [3.05, 3.63) is 0 Å². The Balaban J connectivity index is 2.32. The zero-order chi connectivity index (χ0) is 16.5. The van der Waals surface area contributed by atoms with Crippen LogP contribution in [0.5, 0.6) is 0 Å². The van der Waals surface area contributed by atoms with Crippen molar-refractivity contribution < 1.29 is 14.4 Å². The van der Waals surface area contributed by atoms with Crippen molar-refractivity contribution >= 4 is 17.7 Å². The summed E-state index contributed by atoms with van der Waals surface area (Å²) in [6.45, 7) is 5.33. The number of nitrogens with two attached hydrogens (primary N) is 1. The molecular weight excluding hydrogens is 284 g/mol. The third-order valence-corrected chi connectivity index (χ3v) is 3.63. The van der Waals surface area contributed by atoms with Gasteiger partial charge in [-0.1, -0.05) is 13.8 Å². The van der Waals surface area contributed by atoms with Crippen LogP contribution in [0, 0.1) is 5.92 Å². The second-order valence-electron chi connectivity index (χ2n) is 6.14. The normalized spacial score (nSPS) is 21.5. The molecule has 0 aromatic rings. The molecule has 0 aromatic heterocycles. The summed E-state index contributed by atoms with van der Waals surface area (Å²) in [5.74, 6) is -0.167. The molecule has 126 valence electrons. The highest BCUT2D eigenvalue weighted by atomic mass is 16.2. The van der Waals surface area contributed by atoms with Gasteiger partial charge in [0.25, 0.3) is 0 Å². The smallest absolute Gasteiger partial charge is 0.243 e. The van der Waals surface area contributed by atoms with Crippen LogP contribution >= 0.6 is 0 Å². The Kier molecular flexibility index (Phi) is 7.87. The zero-order valence-electron chi connectivity index (χ0n) is 13.5. The van der Waals surface area contributed by atoms with Crippen LogP contribution < -0.4 is 21.7 Å². The first-order chi connectivity index (χ1) is 10.4. The molecule has 0 spiro atoms. The molecule has 3 amide bonds. The van der Waals surface area contributed by atoms with Crippen molar-refractivity contribution in [2.75, 3.05) is 13.1 Å². The van der Waals surface area contributed by atoms with E-state index in [0.717, 1.165) is 12.8 Å². The number of nitrogens with one attached hydrogen (secondary N) is 3. The van der Waals surface area contributed by atoms with Crippen molar-refractivity contribution in [2.24, 2.45) is 11.7 Å². The molecule has 0 aliphatic carbocycles. The molecule has 1 heterocycles. The minimum atomic E-state index is -0.785. The monoisotopic (exact) mass is 312 g/mol. The molecule has 7 nitrogen and oxygen atoms in total. The molecule has 1 rings (SSSR count). The maximum Gasteiger partial charge on any atom is 0.243 e. The van der Waals surface area contributed by atoms with E-state index < -0.39 is 12.1 Å². The minimum Gasteiger partial charge on any atom is -0.356 e. The third-order valence-electron chi connectivity index (χ3n) is 3.63.